The molecule has 0 amide bonds. The van der Waals surface area contributed by atoms with E-state index in [9.17, 15) is 0 Å². The standard InChI is InChI=1S/C14H16N4/c1-18(2)8-7-16-14-6-4-12-9-11(10-15)3-5-13(12)17-14/h3-6,9H,7-8H2,1-2H3,(H,16,17). The van der Waals surface area contributed by atoms with Crippen molar-refractivity contribution in [2.75, 3.05) is 32.5 Å². The fourth-order valence-electron chi connectivity index (χ4n) is 1.70. The Labute approximate surface area is 107 Å². The third-order valence-corrected chi connectivity index (χ3v) is 2.68. The van der Waals surface area contributed by atoms with Gasteiger partial charge in [0.1, 0.15) is 5.82 Å². The Morgan fingerprint density at radius 3 is 2.83 bits per heavy atom. The number of likely N-dealkylation sites (N-methyl/N-ethyl adjacent to an activating group) is 1. The van der Waals surface area contributed by atoms with Crippen LogP contribution in [-0.2, 0) is 0 Å². The van der Waals surface area contributed by atoms with E-state index in [1.54, 1.807) is 6.07 Å². The zero-order chi connectivity index (χ0) is 13.0. The summed E-state index contributed by atoms with van der Waals surface area (Å²) in [5.74, 6) is 0.869. The van der Waals surface area contributed by atoms with Gasteiger partial charge in [0, 0.05) is 18.5 Å². The molecule has 4 heteroatoms. The normalized spacial score (nSPS) is 10.6. The van der Waals surface area contributed by atoms with Crippen LogP contribution in [0.3, 0.4) is 0 Å². The van der Waals surface area contributed by atoms with E-state index in [0.29, 0.717) is 5.56 Å². The van der Waals surface area contributed by atoms with E-state index in [0.717, 1.165) is 29.8 Å². The van der Waals surface area contributed by atoms with Gasteiger partial charge in [-0.25, -0.2) is 4.98 Å². The smallest absolute Gasteiger partial charge is 0.126 e. The largest absolute Gasteiger partial charge is 0.369 e. The topological polar surface area (TPSA) is 52.0 Å². The first kappa shape index (κ1) is 12.3. The fourth-order valence-corrected chi connectivity index (χ4v) is 1.70. The van der Waals surface area contributed by atoms with Gasteiger partial charge in [-0.3, -0.25) is 0 Å². The molecule has 0 bridgehead atoms. The minimum absolute atomic E-state index is 0.664. The number of hydrogen-bond acceptors (Lipinski definition) is 4. The molecule has 0 saturated carbocycles. The number of benzene rings is 1. The maximum atomic E-state index is 8.83. The van der Waals surface area contributed by atoms with E-state index >= 15 is 0 Å². The van der Waals surface area contributed by atoms with E-state index in [1.807, 2.05) is 38.4 Å². The van der Waals surface area contributed by atoms with E-state index in [4.69, 9.17) is 5.26 Å². The molecule has 0 aliphatic rings. The average Bonchev–Trinajstić information content (AvgIpc) is 2.37. The molecule has 0 spiro atoms. The highest BCUT2D eigenvalue weighted by Crippen LogP contribution is 2.16. The van der Waals surface area contributed by atoms with Crippen LogP contribution in [0.5, 0.6) is 0 Å². The second-order valence-electron chi connectivity index (χ2n) is 4.45. The maximum absolute atomic E-state index is 8.83. The van der Waals surface area contributed by atoms with Crippen molar-refractivity contribution in [2.45, 2.75) is 0 Å². The third-order valence-electron chi connectivity index (χ3n) is 2.68. The van der Waals surface area contributed by atoms with E-state index in [2.05, 4.69) is 21.3 Å². The number of hydrogen-bond donors (Lipinski definition) is 1. The lowest BCUT2D eigenvalue weighted by Gasteiger charge is -2.11. The van der Waals surface area contributed by atoms with Gasteiger partial charge in [0.2, 0.25) is 0 Å². The molecule has 0 aliphatic heterocycles. The molecular formula is C14H16N4. The minimum atomic E-state index is 0.664. The molecule has 18 heavy (non-hydrogen) atoms. The zero-order valence-corrected chi connectivity index (χ0v) is 10.6. The summed E-state index contributed by atoms with van der Waals surface area (Å²) in [7, 11) is 4.08. The summed E-state index contributed by atoms with van der Waals surface area (Å²) in [5, 5.41) is 13.1. The molecule has 0 aliphatic carbocycles. The number of nitrogens with zero attached hydrogens (tertiary/aromatic N) is 3. The first-order chi connectivity index (χ1) is 8.69. The predicted molar refractivity (Wildman–Crippen MR) is 73.5 cm³/mol. The maximum Gasteiger partial charge on any atom is 0.126 e. The van der Waals surface area contributed by atoms with Crippen molar-refractivity contribution in [1.29, 1.82) is 5.26 Å². The van der Waals surface area contributed by atoms with Crippen LogP contribution in [0.1, 0.15) is 5.56 Å². The predicted octanol–water partition coefficient (Wildman–Crippen LogP) is 2.08. The van der Waals surface area contributed by atoms with Gasteiger partial charge in [0.05, 0.1) is 17.1 Å². The van der Waals surface area contributed by atoms with Gasteiger partial charge < -0.3 is 10.2 Å². The molecule has 2 aromatic rings. The molecule has 92 valence electrons. The molecule has 0 atom stereocenters. The molecule has 0 saturated heterocycles. The number of pyridine rings is 1. The van der Waals surface area contributed by atoms with Crippen LogP contribution in [-0.4, -0.2) is 37.1 Å². The number of nitriles is 1. The molecular weight excluding hydrogens is 224 g/mol. The van der Waals surface area contributed by atoms with Crippen molar-refractivity contribution in [3.63, 3.8) is 0 Å². The summed E-state index contributed by atoms with van der Waals surface area (Å²) < 4.78 is 0. The molecule has 4 nitrogen and oxygen atoms in total. The summed E-state index contributed by atoms with van der Waals surface area (Å²) in [5.41, 5.74) is 1.57. The second-order valence-corrected chi connectivity index (χ2v) is 4.45. The van der Waals surface area contributed by atoms with Gasteiger partial charge in [-0.2, -0.15) is 5.26 Å². The lowest BCUT2D eigenvalue weighted by atomic mass is 10.1. The first-order valence-corrected chi connectivity index (χ1v) is 5.88. The Morgan fingerprint density at radius 2 is 2.11 bits per heavy atom. The number of anilines is 1. The van der Waals surface area contributed by atoms with Crippen LogP contribution in [0.4, 0.5) is 5.82 Å². The number of nitrogens with one attached hydrogen (secondary N) is 1. The molecule has 0 radical (unpaired) electrons. The molecule has 1 N–H and O–H groups in total. The van der Waals surface area contributed by atoms with Crippen molar-refractivity contribution in [1.82, 2.24) is 9.88 Å². The van der Waals surface area contributed by atoms with E-state index < -0.39 is 0 Å². The van der Waals surface area contributed by atoms with Gasteiger partial charge in [-0.15, -0.1) is 0 Å². The van der Waals surface area contributed by atoms with Crippen LogP contribution >= 0.6 is 0 Å². The van der Waals surface area contributed by atoms with Crippen LogP contribution in [0.25, 0.3) is 10.9 Å². The quantitative estimate of drug-likeness (QED) is 0.889. The van der Waals surface area contributed by atoms with Crippen LogP contribution < -0.4 is 5.32 Å². The molecule has 1 aromatic carbocycles. The summed E-state index contributed by atoms with van der Waals surface area (Å²) in [6, 6.07) is 11.6. The highest BCUT2D eigenvalue weighted by molar-refractivity contribution is 5.81. The zero-order valence-electron chi connectivity index (χ0n) is 10.6. The van der Waals surface area contributed by atoms with Crippen LogP contribution in [0.2, 0.25) is 0 Å². The summed E-state index contributed by atoms with van der Waals surface area (Å²) in [6.07, 6.45) is 0. The Hall–Kier alpha value is -2.12. The monoisotopic (exact) mass is 240 g/mol. The highest BCUT2D eigenvalue weighted by atomic mass is 15.1. The van der Waals surface area contributed by atoms with Gasteiger partial charge in [-0.1, -0.05) is 0 Å². The Morgan fingerprint density at radius 1 is 1.28 bits per heavy atom. The average molecular weight is 240 g/mol. The molecule has 0 unspecified atom stereocenters. The minimum Gasteiger partial charge on any atom is -0.369 e. The first-order valence-electron chi connectivity index (χ1n) is 5.88. The Bertz CT molecular complexity index is 584. The van der Waals surface area contributed by atoms with Crippen LogP contribution in [0.15, 0.2) is 30.3 Å². The summed E-state index contributed by atoms with van der Waals surface area (Å²) >= 11 is 0. The lowest BCUT2D eigenvalue weighted by Crippen LogP contribution is -2.21. The van der Waals surface area contributed by atoms with Crippen molar-refractivity contribution < 1.29 is 0 Å². The lowest BCUT2D eigenvalue weighted by molar-refractivity contribution is 0.425. The van der Waals surface area contributed by atoms with Crippen molar-refractivity contribution in [3.05, 3.63) is 35.9 Å². The van der Waals surface area contributed by atoms with Gasteiger partial charge in [0.25, 0.3) is 0 Å². The second kappa shape index (κ2) is 5.48. The molecule has 2 rings (SSSR count). The van der Waals surface area contributed by atoms with Crippen molar-refractivity contribution >= 4 is 16.7 Å². The Kier molecular flexibility index (Phi) is 3.75. The molecule has 1 aromatic heterocycles. The number of aromatic nitrogens is 1. The number of rotatable bonds is 4. The SMILES string of the molecule is CN(C)CCNc1ccc2cc(C#N)ccc2n1. The molecule has 0 fully saturated rings. The van der Waals surface area contributed by atoms with Gasteiger partial charge in [-0.05, 0) is 44.4 Å². The van der Waals surface area contributed by atoms with Gasteiger partial charge in [0.15, 0.2) is 0 Å². The number of fused-ring (bicyclic) bond motifs is 1. The molecule has 1 heterocycles. The van der Waals surface area contributed by atoms with Gasteiger partial charge >= 0.3 is 0 Å². The fraction of sp³-hybridized carbons (Fsp3) is 0.286. The summed E-state index contributed by atoms with van der Waals surface area (Å²) in [4.78, 5) is 6.63. The highest BCUT2D eigenvalue weighted by Gasteiger charge is 1.99. The summed E-state index contributed by atoms with van der Waals surface area (Å²) in [6.45, 7) is 1.83. The van der Waals surface area contributed by atoms with Crippen molar-refractivity contribution in [2.24, 2.45) is 0 Å². The van der Waals surface area contributed by atoms with Crippen LogP contribution in [0, 0.1) is 11.3 Å². The van der Waals surface area contributed by atoms with Crippen molar-refractivity contribution in [3.8, 4) is 6.07 Å². The Balaban J connectivity index is 2.15. The van der Waals surface area contributed by atoms with E-state index in [1.165, 1.54) is 0 Å². The van der Waals surface area contributed by atoms with E-state index in [-0.39, 0.29) is 0 Å². The third kappa shape index (κ3) is 2.96.